The number of fused-ring (bicyclic) bond motifs is 1. The number of halogens is 1. The fraction of sp³-hybridized carbons (Fsp3) is 0.412. The zero-order valence-electron chi connectivity index (χ0n) is 13.9. The van der Waals surface area contributed by atoms with Crippen molar-refractivity contribution in [3.63, 3.8) is 0 Å². The predicted molar refractivity (Wildman–Crippen MR) is 90.8 cm³/mol. The summed E-state index contributed by atoms with van der Waals surface area (Å²) >= 11 is 0. The van der Waals surface area contributed by atoms with Crippen LogP contribution in [0.2, 0.25) is 0 Å². The molecular formula is C17H19FN6O. The van der Waals surface area contributed by atoms with E-state index in [4.69, 9.17) is 0 Å². The number of aromatic nitrogens is 5. The van der Waals surface area contributed by atoms with Gasteiger partial charge in [0.25, 0.3) is 0 Å². The van der Waals surface area contributed by atoms with Gasteiger partial charge in [-0.1, -0.05) is 23.4 Å². The summed E-state index contributed by atoms with van der Waals surface area (Å²) in [4.78, 5) is 11.1. The summed E-state index contributed by atoms with van der Waals surface area (Å²) in [6, 6.07) is 6.61. The minimum atomic E-state index is -0.276. The molecule has 0 unspecified atom stereocenters. The van der Waals surface area contributed by atoms with Crippen LogP contribution in [0.15, 0.2) is 24.3 Å². The molecule has 4 rings (SSSR count). The summed E-state index contributed by atoms with van der Waals surface area (Å²) < 4.78 is 15.5. The first-order valence-electron chi connectivity index (χ1n) is 8.36. The van der Waals surface area contributed by atoms with E-state index < -0.39 is 0 Å². The lowest BCUT2D eigenvalue weighted by Gasteiger charge is -2.30. The molecule has 0 bridgehead atoms. The highest BCUT2D eigenvalue weighted by Gasteiger charge is 2.23. The second-order valence-electron chi connectivity index (χ2n) is 6.32. The first-order valence-corrected chi connectivity index (χ1v) is 8.36. The van der Waals surface area contributed by atoms with Crippen molar-refractivity contribution >= 4 is 17.0 Å². The van der Waals surface area contributed by atoms with Crippen molar-refractivity contribution in [1.29, 1.82) is 0 Å². The Hall–Kier alpha value is -2.61. The van der Waals surface area contributed by atoms with E-state index in [1.807, 2.05) is 6.92 Å². The molecule has 1 aromatic carbocycles. The number of aliphatic hydroxyl groups excluding tert-OH is 1. The normalized spacial score (nSPS) is 15.9. The van der Waals surface area contributed by atoms with Gasteiger partial charge in [0, 0.05) is 18.7 Å². The number of benzene rings is 1. The molecule has 3 heterocycles. The third-order valence-electron chi connectivity index (χ3n) is 4.50. The summed E-state index contributed by atoms with van der Waals surface area (Å²) in [5.74, 6) is 1.07. The van der Waals surface area contributed by atoms with E-state index in [2.05, 4.69) is 25.2 Å². The maximum atomic E-state index is 13.9. The second-order valence-corrected chi connectivity index (χ2v) is 6.32. The SMILES string of the molecule is Cc1nc(N2CCC(O)CC2)c2nnn(Cc3ccccc3F)c2n1. The molecule has 0 atom stereocenters. The highest BCUT2D eigenvalue weighted by Crippen LogP contribution is 2.25. The summed E-state index contributed by atoms with van der Waals surface area (Å²) in [7, 11) is 0. The Labute approximate surface area is 144 Å². The van der Waals surface area contributed by atoms with Crippen LogP contribution >= 0.6 is 0 Å². The van der Waals surface area contributed by atoms with Crippen molar-refractivity contribution in [3.05, 3.63) is 41.5 Å². The molecule has 0 radical (unpaired) electrons. The quantitative estimate of drug-likeness (QED) is 0.780. The van der Waals surface area contributed by atoms with Crippen LogP contribution in [-0.4, -0.2) is 49.3 Å². The first kappa shape index (κ1) is 15.9. The molecule has 8 heteroatoms. The van der Waals surface area contributed by atoms with Crippen LogP contribution in [0.3, 0.4) is 0 Å². The molecule has 0 amide bonds. The molecule has 1 aliphatic rings. The zero-order chi connectivity index (χ0) is 17.4. The van der Waals surface area contributed by atoms with Crippen LogP contribution in [0.5, 0.6) is 0 Å². The van der Waals surface area contributed by atoms with Crippen LogP contribution in [0, 0.1) is 12.7 Å². The average Bonchev–Trinajstić information content (AvgIpc) is 3.00. The molecule has 130 valence electrons. The van der Waals surface area contributed by atoms with E-state index in [1.54, 1.807) is 22.9 Å². The topological polar surface area (TPSA) is 80.0 Å². The standard InChI is InChI=1S/C17H19FN6O/c1-11-19-16(23-8-6-13(25)7-9-23)15-17(20-11)24(22-21-15)10-12-4-2-3-5-14(12)18/h2-5,13,25H,6-10H2,1H3. The second kappa shape index (κ2) is 6.36. The number of rotatable bonds is 3. The average molecular weight is 342 g/mol. The van der Waals surface area contributed by atoms with Gasteiger partial charge < -0.3 is 10.0 Å². The van der Waals surface area contributed by atoms with Crippen LogP contribution < -0.4 is 4.90 Å². The Kier molecular flexibility index (Phi) is 4.04. The van der Waals surface area contributed by atoms with E-state index >= 15 is 0 Å². The number of anilines is 1. The fourth-order valence-electron chi connectivity index (χ4n) is 3.14. The van der Waals surface area contributed by atoms with Gasteiger partial charge >= 0.3 is 0 Å². The van der Waals surface area contributed by atoms with Gasteiger partial charge in [-0.05, 0) is 25.8 Å². The van der Waals surface area contributed by atoms with Crippen molar-refractivity contribution in [1.82, 2.24) is 25.0 Å². The number of nitrogens with zero attached hydrogens (tertiary/aromatic N) is 6. The number of hydrogen-bond donors (Lipinski definition) is 1. The molecule has 2 aromatic heterocycles. The highest BCUT2D eigenvalue weighted by atomic mass is 19.1. The van der Waals surface area contributed by atoms with Crippen molar-refractivity contribution in [2.45, 2.75) is 32.4 Å². The van der Waals surface area contributed by atoms with Crippen LogP contribution in [0.1, 0.15) is 24.2 Å². The molecule has 3 aromatic rings. The van der Waals surface area contributed by atoms with Crippen molar-refractivity contribution in [3.8, 4) is 0 Å². The first-order chi connectivity index (χ1) is 12.1. The lowest BCUT2D eigenvalue weighted by Crippen LogP contribution is -2.36. The Morgan fingerprint density at radius 2 is 1.96 bits per heavy atom. The molecule has 0 saturated carbocycles. The molecule has 7 nitrogen and oxygen atoms in total. The van der Waals surface area contributed by atoms with Gasteiger partial charge in [-0.25, -0.2) is 19.0 Å². The van der Waals surface area contributed by atoms with Crippen LogP contribution in [0.4, 0.5) is 10.2 Å². The van der Waals surface area contributed by atoms with E-state index in [0.717, 1.165) is 5.82 Å². The Morgan fingerprint density at radius 1 is 1.20 bits per heavy atom. The number of aliphatic hydroxyl groups is 1. The van der Waals surface area contributed by atoms with Gasteiger partial charge in [0.05, 0.1) is 12.6 Å². The summed E-state index contributed by atoms with van der Waals surface area (Å²) in [6.07, 6.45) is 1.15. The molecule has 25 heavy (non-hydrogen) atoms. The fourth-order valence-corrected chi connectivity index (χ4v) is 3.14. The summed E-state index contributed by atoms with van der Waals surface area (Å²) in [5, 5.41) is 18.1. The molecule has 0 spiro atoms. The smallest absolute Gasteiger partial charge is 0.184 e. The number of piperidine rings is 1. The van der Waals surface area contributed by atoms with E-state index in [1.165, 1.54) is 6.07 Å². The number of hydrogen-bond acceptors (Lipinski definition) is 6. The third-order valence-corrected chi connectivity index (χ3v) is 4.50. The minimum absolute atomic E-state index is 0.258. The maximum absolute atomic E-state index is 13.9. The Morgan fingerprint density at radius 3 is 2.72 bits per heavy atom. The van der Waals surface area contributed by atoms with Crippen molar-refractivity contribution in [2.24, 2.45) is 0 Å². The molecular weight excluding hydrogens is 323 g/mol. The van der Waals surface area contributed by atoms with Gasteiger partial charge in [0.1, 0.15) is 11.6 Å². The third kappa shape index (κ3) is 3.05. The van der Waals surface area contributed by atoms with Crippen molar-refractivity contribution in [2.75, 3.05) is 18.0 Å². The van der Waals surface area contributed by atoms with Crippen LogP contribution in [-0.2, 0) is 6.54 Å². The van der Waals surface area contributed by atoms with E-state index in [-0.39, 0.29) is 18.5 Å². The Balaban J connectivity index is 1.73. The van der Waals surface area contributed by atoms with Gasteiger partial charge in [-0.3, -0.25) is 0 Å². The molecule has 0 aliphatic carbocycles. The monoisotopic (exact) mass is 342 g/mol. The summed E-state index contributed by atoms with van der Waals surface area (Å²) in [6.45, 7) is 3.51. The highest BCUT2D eigenvalue weighted by molar-refractivity contribution is 5.83. The minimum Gasteiger partial charge on any atom is -0.393 e. The van der Waals surface area contributed by atoms with Gasteiger partial charge in [0.2, 0.25) is 0 Å². The Bertz CT molecular complexity index is 903. The molecule has 1 aliphatic heterocycles. The lowest BCUT2D eigenvalue weighted by atomic mass is 10.1. The largest absolute Gasteiger partial charge is 0.393 e. The number of aryl methyl sites for hydroxylation is 1. The van der Waals surface area contributed by atoms with Crippen molar-refractivity contribution < 1.29 is 9.50 Å². The zero-order valence-corrected chi connectivity index (χ0v) is 13.9. The van der Waals surface area contributed by atoms with Gasteiger partial charge in [0.15, 0.2) is 17.0 Å². The molecule has 1 saturated heterocycles. The van der Waals surface area contributed by atoms with Gasteiger partial charge in [-0.2, -0.15) is 0 Å². The van der Waals surface area contributed by atoms with E-state index in [0.29, 0.717) is 48.5 Å². The lowest BCUT2D eigenvalue weighted by molar-refractivity contribution is 0.145. The summed E-state index contributed by atoms with van der Waals surface area (Å²) in [5.41, 5.74) is 1.74. The van der Waals surface area contributed by atoms with E-state index in [9.17, 15) is 9.50 Å². The molecule has 1 fully saturated rings. The molecule has 1 N–H and O–H groups in total. The maximum Gasteiger partial charge on any atom is 0.184 e. The predicted octanol–water partition coefficient (Wildman–Crippen LogP) is 1.68. The van der Waals surface area contributed by atoms with Crippen LogP contribution in [0.25, 0.3) is 11.2 Å². The van der Waals surface area contributed by atoms with Gasteiger partial charge in [-0.15, -0.1) is 5.10 Å².